The molecule has 0 amide bonds. The third-order valence-corrected chi connectivity index (χ3v) is 2.94. The Balaban J connectivity index is 3.19. The molecule has 0 fully saturated rings. The molecule has 1 rings (SSSR count). The Morgan fingerprint density at radius 2 is 2.00 bits per heavy atom. The molecule has 2 N–H and O–H groups in total. The van der Waals surface area contributed by atoms with E-state index in [0.29, 0.717) is 16.4 Å². The van der Waals surface area contributed by atoms with E-state index in [4.69, 9.17) is 14.6 Å². The molecule has 0 aliphatic heterocycles. The lowest BCUT2D eigenvalue weighted by Gasteiger charge is -2.13. The van der Waals surface area contributed by atoms with Crippen LogP contribution < -0.4 is 14.6 Å². The SMILES string of the molecule is COC(=O)Cc1cc(OC)cc(OC)c1SN. The van der Waals surface area contributed by atoms with Gasteiger partial charge in [-0.2, -0.15) is 0 Å². The van der Waals surface area contributed by atoms with Crippen LogP contribution in [0.15, 0.2) is 17.0 Å². The Morgan fingerprint density at radius 3 is 2.47 bits per heavy atom. The minimum Gasteiger partial charge on any atom is -0.497 e. The molecule has 0 bridgehead atoms. The fourth-order valence-corrected chi connectivity index (χ4v) is 1.94. The molecule has 94 valence electrons. The predicted molar refractivity (Wildman–Crippen MR) is 65.3 cm³/mol. The van der Waals surface area contributed by atoms with Gasteiger partial charge in [0, 0.05) is 6.07 Å². The van der Waals surface area contributed by atoms with Crippen molar-refractivity contribution in [1.29, 1.82) is 0 Å². The third-order valence-electron chi connectivity index (χ3n) is 2.24. The molecule has 0 saturated carbocycles. The number of esters is 1. The lowest BCUT2D eigenvalue weighted by atomic mass is 10.1. The van der Waals surface area contributed by atoms with Gasteiger partial charge < -0.3 is 14.2 Å². The zero-order chi connectivity index (χ0) is 12.8. The van der Waals surface area contributed by atoms with Gasteiger partial charge in [0.25, 0.3) is 0 Å². The molecular weight excluding hydrogens is 242 g/mol. The van der Waals surface area contributed by atoms with Crippen LogP contribution in [-0.2, 0) is 16.0 Å². The number of rotatable bonds is 5. The van der Waals surface area contributed by atoms with Gasteiger partial charge in [-0.1, -0.05) is 0 Å². The minimum absolute atomic E-state index is 0.129. The summed E-state index contributed by atoms with van der Waals surface area (Å²) < 4.78 is 15.0. The maximum Gasteiger partial charge on any atom is 0.310 e. The van der Waals surface area contributed by atoms with E-state index in [-0.39, 0.29) is 12.4 Å². The highest BCUT2D eigenvalue weighted by Crippen LogP contribution is 2.34. The van der Waals surface area contributed by atoms with Crippen LogP contribution >= 0.6 is 11.9 Å². The second kappa shape index (κ2) is 6.36. The summed E-state index contributed by atoms with van der Waals surface area (Å²) in [6, 6.07) is 3.46. The van der Waals surface area contributed by atoms with Gasteiger partial charge >= 0.3 is 5.97 Å². The topological polar surface area (TPSA) is 70.8 Å². The number of methoxy groups -OCH3 is 3. The molecule has 0 spiro atoms. The molecule has 1 aromatic carbocycles. The largest absolute Gasteiger partial charge is 0.497 e. The summed E-state index contributed by atoms with van der Waals surface area (Å²) in [5, 5.41) is 5.58. The summed E-state index contributed by atoms with van der Waals surface area (Å²) in [6.07, 6.45) is 0.129. The Morgan fingerprint density at radius 1 is 1.29 bits per heavy atom. The highest BCUT2D eigenvalue weighted by atomic mass is 32.2. The van der Waals surface area contributed by atoms with Crippen LogP contribution in [0.3, 0.4) is 0 Å². The number of carbonyl (C=O) groups excluding carboxylic acids is 1. The number of hydrogen-bond donors (Lipinski definition) is 1. The first kappa shape index (κ1) is 13.7. The average molecular weight is 257 g/mol. The van der Waals surface area contributed by atoms with Gasteiger partial charge in [-0.05, 0) is 23.6 Å². The first-order chi connectivity index (χ1) is 8.15. The lowest BCUT2D eigenvalue weighted by Crippen LogP contribution is -2.07. The fourth-order valence-electron chi connectivity index (χ4n) is 1.39. The number of benzene rings is 1. The molecule has 0 heterocycles. The second-order valence-electron chi connectivity index (χ2n) is 3.19. The molecule has 0 saturated heterocycles. The monoisotopic (exact) mass is 257 g/mol. The van der Waals surface area contributed by atoms with Crippen molar-refractivity contribution in [2.75, 3.05) is 21.3 Å². The van der Waals surface area contributed by atoms with E-state index in [9.17, 15) is 4.79 Å². The minimum atomic E-state index is -0.337. The molecule has 1 aromatic rings. The summed E-state index contributed by atoms with van der Waals surface area (Å²) in [5.41, 5.74) is 0.723. The Bertz CT molecular complexity index is 409. The van der Waals surface area contributed by atoms with Crippen molar-refractivity contribution in [3.05, 3.63) is 17.7 Å². The molecule has 0 aliphatic rings. The Labute approximate surface area is 104 Å². The Kier molecular flexibility index (Phi) is 5.11. The molecule has 6 heteroatoms. The molecular formula is C11H15NO4S. The first-order valence-electron chi connectivity index (χ1n) is 4.84. The summed E-state index contributed by atoms with van der Waals surface area (Å²) >= 11 is 1.03. The van der Waals surface area contributed by atoms with Crippen LogP contribution in [0.1, 0.15) is 5.56 Å². The van der Waals surface area contributed by atoms with Gasteiger partial charge in [-0.15, -0.1) is 0 Å². The van der Waals surface area contributed by atoms with Crippen molar-refractivity contribution in [2.24, 2.45) is 5.14 Å². The normalized spacial score (nSPS) is 9.88. The van der Waals surface area contributed by atoms with Crippen LogP contribution in [0.25, 0.3) is 0 Å². The maximum atomic E-state index is 11.3. The highest BCUT2D eigenvalue weighted by molar-refractivity contribution is 7.97. The van der Waals surface area contributed by atoms with E-state index in [1.165, 1.54) is 14.2 Å². The quantitative estimate of drug-likeness (QED) is 0.635. The van der Waals surface area contributed by atoms with Gasteiger partial charge in [0.05, 0.1) is 32.6 Å². The number of nitrogens with two attached hydrogens (primary N) is 1. The molecule has 0 atom stereocenters. The molecule has 5 nitrogen and oxygen atoms in total. The number of carbonyl (C=O) groups is 1. The van der Waals surface area contributed by atoms with E-state index in [1.54, 1.807) is 19.2 Å². The predicted octanol–water partition coefficient (Wildman–Crippen LogP) is 1.39. The standard InChI is InChI=1S/C11H15NO4S/c1-14-8-4-7(5-10(13)16-3)11(17-12)9(6-8)15-2/h4,6H,5,12H2,1-3H3. The van der Waals surface area contributed by atoms with E-state index in [0.717, 1.165) is 17.5 Å². The summed E-state index contributed by atoms with van der Waals surface area (Å²) in [4.78, 5) is 12.0. The van der Waals surface area contributed by atoms with Crippen molar-refractivity contribution in [2.45, 2.75) is 11.3 Å². The van der Waals surface area contributed by atoms with E-state index in [1.807, 2.05) is 0 Å². The van der Waals surface area contributed by atoms with Crippen molar-refractivity contribution in [3.63, 3.8) is 0 Å². The van der Waals surface area contributed by atoms with Crippen molar-refractivity contribution in [1.82, 2.24) is 0 Å². The van der Waals surface area contributed by atoms with Gasteiger partial charge in [-0.3, -0.25) is 9.93 Å². The van der Waals surface area contributed by atoms with E-state index in [2.05, 4.69) is 4.74 Å². The smallest absolute Gasteiger partial charge is 0.310 e. The first-order valence-corrected chi connectivity index (χ1v) is 5.72. The lowest BCUT2D eigenvalue weighted by molar-refractivity contribution is -0.139. The fraction of sp³-hybridized carbons (Fsp3) is 0.364. The average Bonchev–Trinajstić information content (AvgIpc) is 2.37. The van der Waals surface area contributed by atoms with Crippen LogP contribution in [0.5, 0.6) is 11.5 Å². The maximum absolute atomic E-state index is 11.3. The molecule has 0 unspecified atom stereocenters. The van der Waals surface area contributed by atoms with Crippen LogP contribution in [-0.4, -0.2) is 27.3 Å². The van der Waals surface area contributed by atoms with E-state index < -0.39 is 0 Å². The molecule has 17 heavy (non-hydrogen) atoms. The van der Waals surface area contributed by atoms with Gasteiger partial charge in [0.15, 0.2) is 0 Å². The molecule has 0 aliphatic carbocycles. The third kappa shape index (κ3) is 3.28. The van der Waals surface area contributed by atoms with Gasteiger partial charge in [0.1, 0.15) is 11.5 Å². The van der Waals surface area contributed by atoms with Gasteiger partial charge in [0.2, 0.25) is 0 Å². The summed E-state index contributed by atoms with van der Waals surface area (Å²) in [7, 11) is 4.43. The second-order valence-corrected chi connectivity index (χ2v) is 3.83. The van der Waals surface area contributed by atoms with Gasteiger partial charge in [-0.25, -0.2) is 0 Å². The van der Waals surface area contributed by atoms with Crippen molar-refractivity contribution in [3.8, 4) is 11.5 Å². The van der Waals surface area contributed by atoms with Crippen LogP contribution in [0, 0.1) is 0 Å². The Hall–Kier alpha value is -1.40. The number of hydrogen-bond acceptors (Lipinski definition) is 6. The number of ether oxygens (including phenoxy) is 3. The van der Waals surface area contributed by atoms with Crippen LogP contribution in [0.2, 0.25) is 0 Å². The van der Waals surface area contributed by atoms with Crippen molar-refractivity contribution < 1.29 is 19.0 Å². The van der Waals surface area contributed by atoms with Crippen LogP contribution in [0.4, 0.5) is 0 Å². The van der Waals surface area contributed by atoms with E-state index >= 15 is 0 Å². The van der Waals surface area contributed by atoms with Crippen molar-refractivity contribution >= 4 is 17.9 Å². The summed E-state index contributed by atoms with van der Waals surface area (Å²) in [6.45, 7) is 0. The molecule has 0 radical (unpaired) electrons. The highest BCUT2D eigenvalue weighted by Gasteiger charge is 2.15. The zero-order valence-electron chi connectivity index (χ0n) is 9.98. The molecule has 0 aromatic heterocycles. The zero-order valence-corrected chi connectivity index (χ0v) is 10.8. The summed E-state index contributed by atoms with van der Waals surface area (Å²) in [5.74, 6) is 0.852.